The standard InChI is InChI=1S/C30H26N2O5/c1-20(33)23-14-9-15-24(18-23)31-30(35)32-25-16-17-27(26(19-25)29(34)36-2)37-28(21-10-5-3-6-11-21)22-12-7-4-8-13-22/h3-19,28H,1-2H3,(H2,31,32,35). The maximum atomic E-state index is 12.7. The topological polar surface area (TPSA) is 93.7 Å². The van der Waals surface area contributed by atoms with Gasteiger partial charge < -0.3 is 20.1 Å². The molecule has 0 heterocycles. The fourth-order valence-electron chi connectivity index (χ4n) is 3.80. The van der Waals surface area contributed by atoms with E-state index in [-0.39, 0.29) is 11.3 Å². The second-order valence-corrected chi connectivity index (χ2v) is 8.24. The minimum atomic E-state index is -0.604. The zero-order valence-corrected chi connectivity index (χ0v) is 20.4. The molecule has 2 N–H and O–H groups in total. The third-order valence-corrected chi connectivity index (χ3v) is 5.62. The van der Waals surface area contributed by atoms with Gasteiger partial charge in [-0.15, -0.1) is 0 Å². The average Bonchev–Trinajstić information content (AvgIpc) is 2.92. The smallest absolute Gasteiger partial charge is 0.341 e. The number of hydrogen-bond acceptors (Lipinski definition) is 5. The Morgan fingerprint density at radius 3 is 1.86 bits per heavy atom. The molecule has 4 aromatic rings. The van der Waals surface area contributed by atoms with Crippen LogP contribution in [0.3, 0.4) is 0 Å². The highest BCUT2D eigenvalue weighted by molar-refractivity contribution is 6.02. The number of carbonyl (C=O) groups excluding carboxylic acids is 3. The van der Waals surface area contributed by atoms with Crippen molar-refractivity contribution in [3.63, 3.8) is 0 Å². The summed E-state index contributed by atoms with van der Waals surface area (Å²) in [6, 6.07) is 30.2. The average molecular weight is 495 g/mol. The molecular formula is C30H26N2O5. The highest BCUT2D eigenvalue weighted by Crippen LogP contribution is 2.32. The number of esters is 1. The lowest BCUT2D eigenvalue weighted by atomic mass is 10.0. The van der Waals surface area contributed by atoms with Crippen LogP contribution in [0.25, 0.3) is 0 Å². The molecule has 0 aliphatic carbocycles. The van der Waals surface area contributed by atoms with Gasteiger partial charge >= 0.3 is 12.0 Å². The predicted molar refractivity (Wildman–Crippen MR) is 142 cm³/mol. The first kappa shape index (κ1) is 25.2. The number of Topliss-reactive ketones (excluding diaryl/α,β-unsaturated/α-hetero) is 1. The molecule has 0 aliphatic rings. The first-order valence-corrected chi connectivity index (χ1v) is 11.6. The maximum Gasteiger partial charge on any atom is 0.341 e. The van der Waals surface area contributed by atoms with Crippen LogP contribution >= 0.6 is 0 Å². The third kappa shape index (κ3) is 6.41. The molecule has 4 rings (SSSR count). The van der Waals surface area contributed by atoms with Crippen molar-refractivity contribution in [2.75, 3.05) is 17.7 Å². The fraction of sp³-hybridized carbons (Fsp3) is 0.100. The van der Waals surface area contributed by atoms with Gasteiger partial charge in [0.2, 0.25) is 0 Å². The van der Waals surface area contributed by atoms with Crippen molar-refractivity contribution in [2.45, 2.75) is 13.0 Å². The van der Waals surface area contributed by atoms with E-state index in [0.717, 1.165) is 11.1 Å². The van der Waals surface area contributed by atoms with Crippen molar-refractivity contribution in [1.29, 1.82) is 0 Å². The van der Waals surface area contributed by atoms with Crippen LogP contribution < -0.4 is 15.4 Å². The van der Waals surface area contributed by atoms with Crippen LogP contribution in [0.15, 0.2) is 103 Å². The van der Waals surface area contributed by atoms with E-state index < -0.39 is 18.1 Å². The summed E-state index contributed by atoms with van der Waals surface area (Å²) in [6.07, 6.45) is -0.471. The molecule has 0 unspecified atom stereocenters. The lowest BCUT2D eigenvalue weighted by Crippen LogP contribution is -2.20. The molecule has 0 bridgehead atoms. The van der Waals surface area contributed by atoms with Crippen molar-refractivity contribution in [3.05, 3.63) is 125 Å². The first-order chi connectivity index (χ1) is 17.9. The highest BCUT2D eigenvalue weighted by Gasteiger charge is 2.21. The van der Waals surface area contributed by atoms with E-state index in [1.54, 1.807) is 36.4 Å². The highest BCUT2D eigenvalue weighted by atomic mass is 16.5. The second kappa shape index (κ2) is 11.7. The molecular weight excluding hydrogens is 468 g/mol. The Balaban J connectivity index is 1.59. The molecule has 4 aromatic carbocycles. The number of ketones is 1. The van der Waals surface area contributed by atoms with Crippen LogP contribution in [-0.2, 0) is 4.74 Å². The molecule has 186 valence electrons. The van der Waals surface area contributed by atoms with E-state index in [0.29, 0.717) is 22.7 Å². The van der Waals surface area contributed by atoms with Crippen LogP contribution in [-0.4, -0.2) is 24.9 Å². The molecule has 0 aliphatic heterocycles. The zero-order valence-electron chi connectivity index (χ0n) is 20.4. The number of anilines is 2. The van der Waals surface area contributed by atoms with E-state index in [1.165, 1.54) is 20.1 Å². The van der Waals surface area contributed by atoms with Gasteiger partial charge in [-0.05, 0) is 48.4 Å². The number of carbonyl (C=O) groups is 3. The molecule has 0 spiro atoms. The Hall–Kier alpha value is -4.91. The van der Waals surface area contributed by atoms with Gasteiger partial charge in [0.1, 0.15) is 17.4 Å². The Bertz CT molecular complexity index is 1360. The van der Waals surface area contributed by atoms with E-state index in [1.807, 2.05) is 60.7 Å². The summed E-state index contributed by atoms with van der Waals surface area (Å²) in [6.45, 7) is 1.46. The van der Waals surface area contributed by atoms with Gasteiger partial charge in [0.15, 0.2) is 5.78 Å². The van der Waals surface area contributed by atoms with Crippen LogP contribution in [0.5, 0.6) is 5.75 Å². The van der Waals surface area contributed by atoms with Gasteiger partial charge in [0, 0.05) is 16.9 Å². The lowest BCUT2D eigenvalue weighted by Gasteiger charge is -2.22. The zero-order chi connectivity index (χ0) is 26.2. The number of benzene rings is 4. The molecule has 0 saturated heterocycles. The van der Waals surface area contributed by atoms with Crippen molar-refractivity contribution in [3.8, 4) is 5.75 Å². The molecule has 7 nitrogen and oxygen atoms in total. The fourth-order valence-corrected chi connectivity index (χ4v) is 3.80. The van der Waals surface area contributed by atoms with Gasteiger partial charge in [0.05, 0.1) is 7.11 Å². The number of rotatable bonds is 8. The Morgan fingerprint density at radius 1 is 0.703 bits per heavy atom. The third-order valence-electron chi connectivity index (χ3n) is 5.62. The van der Waals surface area contributed by atoms with Gasteiger partial charge in [-0.2, -0.15) is 0 Å². The summed E-state index contributed by atoms with van der Waals surface area (Å²) < 4.78 is 11.4. The number of hydrogen-bond donors (Lipinski definition) is 2. The van der Waals surface area contributed by atoms with Crippen LogP contribution in [0.2, 0.25) is 0 Å². The molecule has 37 heavy (non-hydrogen) atoms. The normalized spacial score (nSPS) is 10.5. The van der Waals surface area contributed by atoms with Crippen molar-refractivity contribution in [1.82, 2.24) is 0 Å². The number of methoxy groups -OCH3 is 1. The molecule has 7 heteroatoms. The summed E-state index contributed by atoms with van der Waals surface area (Å²) in [5, 5.41) is 5.39. The molecule has 0 radical (unpaired) electrons. The van der Waals surface area contributed by atoms with E-state index >= 15 is 0 Å². The Labute approximate surface area is 215 Å². The first-order valence-electron chi connectivity index (χ1n) is 11.6. The number of amides is 2. The minimum Gasteiger partial charge on any atom is -0.480 e. The SMILES string of the molecule is COC(=O)c1cc(NC(=O)Nc2cccc(C(C)=O)c2)ccc1OC(c1ccccc1)c1ccccc1. The molecule has 0 saturated carbocycles. The van der Waals surface area contributed by atoms with Gasteiger partial charge in [-0.25, -0.2) is 9.59 Å². The summed E-state index contributed by atoms with van der Waals surface area (Å²) >= 11 is 0. The molecule has 0 fully saturated rings. The Kier molecular flexibility index (Phi) is 7.95. The Morgan fingerprint density at radius 2 is 1.30 bits per heavy atom. The lowest BCUT2D eigenvalue weighted by molar-refractivity contribution is 0.0594. The molecule has 0 atom stereocenters. The van der Waals surface area contributed by atoms with Crippen LogP contribution in [0.1, 0.15) is 44.9 Å². The van der Waals surface area contributed by atoms with Gasteiger partial charge in [-0.1, -0.05) is 72.8 Å². The van der Waals surface area contributed by atoms with Crippen molar-refractivity contribution in [2.24, 2.45) is 0 Å². The second-order valence-electron chi connectivity index (χ2n) is 8.24. The van der Waals surface area contributed by atoms with Crippen molar-refractivity contribution >= 4 is 29.2 Å². The minimum absolute atomic E-state index is 0.105. The monoisotopic (exact) mass is 494 g/mol. The summed E-state index contributed by atoms with van der Waals surface area (Å²) in [7, 11) is 1.28. The van der Waals surface area contributed by atoms with Gasteiger partial charge in [-0.3, -0.25) is 4.79 Å². The largest absolute Gasteiger partial charge is 0.480 e. The summed E-state index contributed by atoms with van der Waals surface area (Å²) in [5.74, 6) is -0.399. The number of nitrogens with one attached hydrogen (secondary N) is 2. The molecule has 0 aromatic heterocycles. The molecule has 2 amide bonds. The predicted octanol–water partition coefficient (Wildman–Crippen LogP) is 6.49. The quantitative estimate of drug-likeness (QED) is 0.216. The summed E-state index contributed by atoms with van der Waals surface area (Å²) in [4.78, 5) is 36.9. The summed E-state index contributed by atoms with van der Waals surface area (Å²) in [5.41, 5.74) is 3.31. The van der Waals surface area contributed by atoms with E-state index in [4.69, 9.17) is 9.47 Å². The number of ether oxygens (including phenoxy) is 2. The van der Waals surface area contributed by atoms with Crippen LogP contribution in [0.4, 0.5) is 16.2 Å². The van der Waals surface area contributed by atoms with E-state index in [9.17, 15) is 14.4 Å². The van der Waals surface area contributed by atoms with Crippen molar-refractivity contribution < 1.29 is 23.9 Å². The number of urea groups is 1. The van der Waals surface area contributed by atoms with Gasteiger partial charge in [0.25, 0.3) is 0 Å². The van der Waals surface area contributed by atoms with E-state index in [2.05, 4.69) is 10.6 Å². The maximum absolute atomic E-state index is 12.7. The van der Waals surface area contributed by atoms with Crippen LogP contribution in [0, 0.1) is 0 Å².